The fourth-order valence-corrected chi connectivity index (χ4v) is 2.70. The van der Waals surface area contributed by atoms with Crippen LogP contribution in [0.15, 0.2) is 18.2 Å². The maximum atomic E-state index is 9.50. The highest BCUT2D eigenvalue weighted by Crippen LogP contribution is 2.33. The number of hydrogen-bond donors (Lipinski definition) is 1. The predicted octanol–water partition coefficient (Wildman–Crippen LogP) is 0.524. The molecule has 0 amide bonds. The molecule has 1 saturated heterocycles. The number of aliphatic hydroxyl groups excluding tert-OH is 1. The fourth-order valence-electron chi connectivity index (χ4n) is 2.70. The highest BCUT2D eigenvalue weighted by molar-refractivity contribution is 5.44. The van der Waals surface area contributed by atoms with Crippen molar-refractivity contribution in [2.45, 2.75) is 12.6 Å². The van der Waals surface area contributed by atoms with Crippen LogP contribution in [0.1, 0.15) is 5.56 Å². The number of hydrogen-bond acceptors (Lipinski definition) is 5. The second kappa shape index (κ2) is 5.36. The Bertz CT molecular complexity index is 452. The van der Waals surface area contributed by atoms with E-state index in [1.54, 1.807) is 0 Å². The quantitative estimate of drug-likeness (QED) is 0.862. The molecule has 1 unspecified atom stereocenters. The Kier molecular flexibility index (Phi) is 3.59. The minimum absolute atomic E-state index is 0.203. The van der Waals surface area contributed by atoms with Crippen molar-refractivity contribution in [2.24, 2.45) is 0 Å². The number of aliphatic hydroxyl groups is 1. The van der Waals surface area contributed by atoms with Gasteiger partial charge < -0.3 is 19.5 Å². The summed E-state index contributed by atoms with van der Waals surface area (Å²) >= 11 is 0. The Labute approximate surface area is 113 Å². The summed E-state index contributed by atoms with van der Waals surface area (Å²) in [6.45, 7) is 4.30. The van der Waals surface area contributed by atoms with Crippen LogP contribution in [-0.4, -0.2) is 61.0 Å². The van der Waals surface area contributed by atoms with Crippen molar-refractivity contribution in [1.82, 2.24) is 9.80 Å². The zero-order chi connectivity index (χ0) is 13.2. The van der Waals surface area contributed by atoms with Crippen molar-refractivity contribution in [1.29, 1.82) is 0 Å². The van der Waals surface area contributed by atoms with E-state index < -0.39 is 0 Å². The molecule has 5 heteroatoms. The monoisotopic (exact) mass is 264 g/mol. The average Bonchev–Trinajstić information content (AvgIpc) is 2.88. The van der Waals surface area contributed by atoms with Gasteiger partial charge in [0.1, 0.15) is 0 Å². The van der Waals surface area contributed by atoms with Gasteiger partial charge in [0.25, 0.3) is 0 Å². The van der Waals surface area contributed by atoms with Crippen molar-refractivity contribution in [2.75, 3.05) is 40.1 Å². The zero-order valence-corrected chi connectivity index (χ0v) is 11.2. The minimum Gasteiger partial charge on any atom is -0.454 e. The van der Waals surface area contributed by atoms with Crippen molar-refractivity contribution in [3.63, 3.8) is 0 Å². The molecule has 1 aromatic rings. The van der Waals surface area contributed by atoms with E-state index in [0.717, 1.165) is 37.7 Å². The van der Waals surface area contributed by atoms with E-state index in [2.05, 4.69) is 22.9 Å². The first kappa shape index (κ1) is 12.7. The smallest absolute Gasteiger partial charge is 0.231 e. The number of nitrogens with zero attached hydrogens (tertiary/aromatic N) is 2. The summed E-state index contributed by atoms with van der Waals surface area (Å²) in [6, 6.07) is 6.28. The first-order valence-electron chi connectivity index (χ1n) is 6.68. The summed E-state index contributed by atoms with van der Waals surface area (Å²) in [5, 5.41) is 9.50. The van der Waals surface area contributed by atoms with Crippen LogP contribution in [0, 0.1) is 0 Å². The van der Waals surface area contributed by atoms with Gasteiger partial charge in [0.2, 0.25) is 6.79 Å². The maximum Gasteiger partial charge on any atom is 0.231 e. The number of piperazine rings is 1. The summed E-state index contributed by atoms with van der Waals surface area (Å²) in [5.74, 6) is 1.65. The molecule has 0 saturated carbocycles. The standard InChI is InChI=1S/C14H20N2O3/c1-15-4-5-16(12(8-15)9-17)7-11-2-3-13-14(6-11)19-10-18-13/h2-3,6,12,17H,4-5,7-10H2,1H3. The lowest BCUT2D eigenvalue weighted by Gasteiger charge is -2.39. The topological polar surface area (TPSA) is 45.2 Å². The fraction of sp³-hybridized carbons (Fsp3) is 0.571. The third kappa shape index (κ3) is 2.68. The highest BCUT2D eigenvalue weighted by Gasteiger charge is 2.25. The Balaban J connectivity index is 1.70. The largest absolute Gasteiger partial charge is 0.454 e. The van der Waals surface area contributed by atoms with E-state index in [1.165, 1.54) is 5.56 Å². The average molecular weight is 264 g/mol. The van der Waals surface area contributed by atoms with Gasteiger partial charge in [-0.1, -0.05) is 6.07 Å². The van der Waals surface area contributed by atoms with E-state index in [1.807, 2.05) is 12.1 Å². The van der Waals surface area contributed by atoms with Crippen LogP contribution in [0.5, 0.6) is 11.5 Å². The van der Waals surface area contributed by atoms with Gasteiger partial charge in [-0.3, -0.25) is 4.90 Å². The van der Waals surface area contributed by atoms with Crippen LogP contribution >= 0.6 is 0 Å². The number of ether oxygens (including phenoxy) is 2. The van der Waals surface area contributed by atoms with Crippen molar-refractivity contribution in [3.05, 3.63) is 23.8 Å². The number of rotatable bonds is 3. The molecular weight excluding hydrogens is 244 g/mol. The summed E-state index contributed by atoms with van der Waals surface area (Å²) in [7, 11) is 2.10. The van der Waals surface area contributed by atoms with Gasteiger partial charge in [0.05, 0.1) is 6.61 Å². The lowest BCUT2D eigenvalue weighted by molar-refractivity contribution is 0.0458. The normalized spacial score (nSPS) is 23.8. The Hall–Kier alpha value is -1.30. The van der Waals surface area contributed by atoms with Crippen LogP contribution in [0.2, 0.25) is 0 Å². The summed E-state index contributed by atoms with van der Waals surface area (Å²) in [4.78, 5) is 4.59. The molecule has 1 aromatic carbocycles. The number of benzene rings is 1. The molecule has 2 heterocycles. The Morgan fingerprint density at radius 2 is 2.11 bits per heavy atom. The SMILES string of the molecule is CN1CCN(Cc2ccc3c(c2)OCO3)C(CO)C1. The molecule has 1 atom stereocenters. The minimum atomic E-state index is 0.203. The van der Waals surface area contributed by atoms with Gasteiger partial charge in [-0.15, -0.1) is 0 Å². The van der Waals surface area contributed by atoms with E-state index in [4.69, 9.17) is 9.47 Å². The van der Waals surface area contributed by atoms with Crippen LogP contribution in [0.3, 0.4) is 0 Å². The van der Waals surface area contributed by atoms with Crippen LogP contribution in [-0.2, 0) is 6.54 Å². The molecule has 0 aromatic heterocycles. The van der Waals surface area contributed by atoms with Gasteiger partial charge in [-0.2, -0.15) is 0 Å². The van der Waals surface area contributed by atoms with Gasteiger partial charge >= 0.3 is 0 Å². The van der Waals surface area contributed by atoms with Crippen LogP contribution in [0.25, 0.3) is 0 Å². The van der Waals surface area contributed by atoms with Gasteiger partial charge in [-0.05, 0) is 24.7 Å². The third-order valence-corrected chi connectivity index (χ3v) is 3.84. The third-order valence-electron chi connectivity index (χ3n) is 3.84. The van der Waals surface area contributed by atoms with E-state index in [9.17, 15) is 5.11 Å². The lowest BCUT2D eigenvalue weighted by Crippen LogP contribution is -2.52. The second-order valence-electron chi connectivity index (χ2n) is 5.26. The summed E-state index contributed by atoms with van der Waals surface area (Å²) in [6.07, 6.45) is 0. The molecule has 0 spiro atoms. The van der Waals surface area contributed by atoms with Crippen molar-refractivity contribution < 1.29 is 14.6 Å². The lowest BCUT2D eigenvalue weighted by atomic mass is 10.1. The molecule has 3 rings (SSSR count). The maximum absolute atomic E-state index is 9.50. The summed E-state index contributed by atoms with van der Waals surface area (Å²) < 4.78 is 10.7. The highest BCUT2D eigenvalue weighted by atomic mass is 16.7. The first-order valence-corrected chi connectivity index (χ1v) is 6.68. The second-order valence-corrected chi connectivity index (χ2v) is 5.26. The molecule has 0 bridgehead atoms. The number of fused-ring (bicyclic) bond motifs is 1. The van der Waals surface area contributed by atoms with E-state index >= 15 is 0 Å². The molecule has 19 heavy (non-hydrogen) atoms. The van der Waals surface area contributed by atoms with Gasteiger partial charge in [0.15, 0.2) is 11.5 Å². The molecule has 1 fully saturated rings. The van der Waals surface area contributed by atoms with Gasteiger partial charge in [0, 0.05) is 32.2 Å². The van der Waals surface area contributed by atoms with Gasteiger partial charge in [-0.25, -0.2) is 0 Å². The molecule has 5 nitrogen and oxygen atoms in total. The van der Waals surface area contributed by atoms with Crippen molar-refractivity contribution >= 4 is 0 Å². The predicted molar refractivity (Wildman–Crippen MR) is 71.3 cm³/mol. The molecule has 0 aliphatic carbocycles. The van der Waals surface area contributed by atoms with Crippen LogP contribution < -0.4 is 9.47 Å². The van der Waals surface area contributed by atoms with E-state index in [-0.39, 0.29) is 12.6 Å². The van der Waals surface area contributed by atoms with Crippen molar-refractivity contribution in [3.8, 4) is 11.5 Å². The molecular formula is C14H20N2O3. The Morgan fingerprint density at radius 1 is 1.26 bits per heavy atom. The molecule has 0 radical (unpaired) electrons. The van der Waals surface area contributed by atoms with Crippen LogP contribution in [0.4, 0.5) is 0 Å². The number of likely N-dealkylation sites (N-methyl/N-ethyl adjacent to an activating group) is 1. The molecule has 1 N–H and O–H groups in total. The first-order chi connectivity index (χ1) is 9.26. The van der Waals surface area contributed by atoms with E-state index in [0.29, 0.717) is 6.79 Å². The Morgan fingerprint density at radius 3 is 2.95 bits per heavy atom. The zero-order valence-electron chi connectivity index (χ0n) is 11.2. The summed E-state index contributed by atoms with van der Waals surface area (Å²) in [5.41, 5.74) is 1.20. The molecule has 2 aliphatic rings. The molecule has 2 aliphatic heterocycles. The molecule has 104 valence electrons.